The number of para-hydroxylation sites is 2. The van der Waals surface area contributed by atoms with Crippen LogP contribution < -0.4 is 14.8 Å². The maximum absolute atomic E-state index is 12.8. The standard InChI is InChI=1S/C35H35N3O3/c1-3-10-26-17-20-32(33(23-26)40-2)41-22-9-21-38-31-14-8-7-13-30(31)37-34(38)25-36-35(39)24-27-15-18-29(19-16-27)28-11-5-4-6-12-28/h3-8,10-20,23H,9,21-22,24-25H2,1-2H3,(H,36,39)/b10-3+. The highest BCUT2D eigenvalue weighted by atomic mass is 16.5. The number of methoxy groups -OCH3 is 1. The number of hydrogen-bond donors (Lipinski definition) is 1. The number of carbonyl (C=O) groups is 1. The fourth-order valence-electron chi connectivity index (χ4n) is 4.89. The molecule has 6 nitrogen and oxygen atoms in total. The zero-order valence-corrected chi connectivity index (χ0v) is 23.5. The molecule has 0 aliphatic rings. The number of hydrogen-bond acceptors (Lipinski definition) is 4. The number of rotatable bonds is 12. The molecule has 0 saturated carbocycles. The lowest BCUT2D eigenvalue weighted by molar-refractivity contribution is -0.120. The second kappa shape index (κ2) is 13.5. The summed E-state index contributed by atoms with van der Waals surface area (Å²) in [6.45, 7) is 3.58. The van der Waals surface area contributed by atoms with E-state index in [1.165, 1.54) is 0 Å². The van der Waals surface area contributed by atoms with Crippen LogP contribution in [0.4, 0.5) is 0 Å². The minimum atomic E-state index is -0.0344. The van der Waals surface area contributed by atoms with Crippen LogP contribution in [0.2, 0.25) is 0 Å². The van der Waals surface area contributed by atoms with Crippen LogP contribution in [0.25, 0.3) is 28.2 Å². The molecule has 0 atom stereocenters. The van der Waals surface area contributed by atoms with Gasteiger partial charge in [0.2, 0.25) is 5.91 Å². The molecular weight excluding hydrogens is 510 g/mol. The molecule has 1 N–H and O–H groups in total. The van der Waals surface area contributed by atoms with Gasteiger partial charge in [0.1, 0.15) is 5.82 Å². The van der Waals surface area contributed by atoms with Gasteiger partial charge in [-0.15, -0.1) is 0 Å². The van der Waals surface area contributed by atoms with Crippen molar-refractivity contribution in [1.29, 1.82) is 0 Å². The number of aryl methyl sites for hydroxylation is 1. The van der Waals surface area contributed by atoms with Gasteiger partial charge in [-0.1, -0.05) is 84.9 Å². The van der Waals surface area contributed by atoms with Crippen LogP contribution in [0.3, 0.4) is 0 Å². The summed E-state index contributed by atoms with van der Waals surface area (Å²) < 4.78 is 13.7. The fraction of sp³-hybridized carbons (Fsp3) is 0.200. The quantitative estimate of drug-likeness (QED) is 0.170. The van der Waals surface area contributed by atoms with E-state index in [9.17, 15) is 4.79 Å². The number of amides is 1. The number of allylic oxidation sites excluding steroid dienone is 1. The van der Waals surface area contributed by atoms with E-state index in [0.29, 0.717) is 31.9 Å². The number of imidazole rings is 1. The molecule has 1 amide bonds. The van der Waals surface area contributed by atoms with E-state index < -0.39 is 0 Å². The molecule has 0 aliphatic heterocycles. The lowest BCUT2D eigenvalue weighted by Gasteiger charge is -2.13. The van der Waals surface area contributed by atoms with E-state index in [2.05, 4.69) is 40.2 Å². The molecule has 1 aromatic heterocycles. The molecule has 6 heteroatoms. The summed E-state index contributed by atoms with van der Waals surface area (Å²) in [7, 11) is 1.65. The average Bonchev–Trinajstić information content (AvgIpc) is 3.37. The molecule has 41 heavy (non-hydrogen) atoms. The Labute approximate surface area is 241 Å². The zero-order chi connectivity index (χ0) is 28.4. The SMILES string of the molecule is C/C=C/c1ccc(OCCCn2c(CNC(=O)Cc3ccc(-c4ccccc4)cc3)nc3ccccc32)c(OC)c1. The van der Waals surface area contributed by atoms with Crippen molar-refractivity contribution in [3.05, 3.63) is 120 Å². The highest BCUT2D eigenvalue weighted by Gasteiger charge is 2.13. The Bertz CT molecular complexity index is 1620. The summed E-state index contributed by atoms with van der Waals surface area (Å²) >= 11 is 0. The first kappa shape index (κ1) is 27.7. The van der Waals surface area contributed by atoms with Crippen LogP contribution in [-0.4, -0.2) is 29.2 Å². The van der Waals surface area contributed by atoms with E-state index in [1.807, 2.05) is 85.8 Å². The van der Waals surface area contributed by atoms with Gasteiger partial charge in [0.15, 0.2) is 11.5 Å². The van der Waals surface area contributed by atoms with Crippen molar-refractivity contribution in [3.63, 3.8) is 0 Å². The van der Waals surface area contributed by atoms with Crippen molar-refractivity contribution in [3.8, 4) is 22.6 Å². The van der Waals surface area contributed by atoms with Crippen molar-refractivity contribution in [2.24, 2.45) is 0 Å². The van der Waals surface area contributed by atoms with Gasteiger partial charge in [-0.3, -0.25) is 4.79 Å². The van der Waals surface area contributed by atoms with Gasteiger partial charge in [-0.2, -0.15) is 0 Å². The van der Waals surface area contributed by atoms with E-state index in [0.717, 1.165) is 51.3 Å². The van der Waals surface area contributed by atoms with Crippen molar-refractivity contribution < 1.29 is 14.3 Å². The second-order valence-corrected chi connectivity index (χ2v) is 9.80. The predicted molar refractivity (Wildman–Crippen MR) is 165 cm³/mol. The Morgan fingerprint density at radius 2 is 1.66 bits per heavy atom. The molecule has 0 fully saturated rings. The highest BCUT2D eigenvalue weighted by Crippen LogP contribution is 2.29. The fourth-order valence-corrected chi connectivity index (χ4v) is 4.89. The molecule has 0 unspecified atom stereocenters. The molecule has 0 radical (unpaired) electrons. The number of ether oxygens (including phenoxy) is 2. The third-order valence-electron chi connectivity index (χ3n) is 6.93. The van der Waals surface area contributed by atoms with Crippen LogP contribution in [-0.2, 0) is 24.3 Å². The third-order valence-corrected chi connectivity index (χ3v) is 6.93. The van der Waals surface area contributed by atoms with Gasteiger partial charge >= 0.3 is 0 Å². The summed E-state index contributed by atoms with van der Waals surface area (Å²) in [5.74, 6) is 2.23. The molecule has 5 aromatic rings. The molecule has 0 bridgehead atoms. The van der Waals surface area contributed by atoms with Crippen molar-refractivity contribution >= 4 is 23.0 Å². The Hall–Kier alpha value is -4.84. The normalized spacial score (nSPS) is 11.2. The lowest BCUT2D eigenvalue weighted by atomic mass is 10.0. The van der Waals surface area contributed by atoms with Crippen molar-refractivity contribution in [2.75, 3.05) is 13.7 Å². The Kier molecular flexibility index (Phi) is 9.12. The number of aromatic nitrogens is 2. The third kappa shape index (κ3) is 7.03. The predicted octanol–water partition coefficient (Wildman–Crippen LogP) is 7.07. The Morgan fingerprint density at radius 1 is 0.902 bits per heavy atom. The van der Waals surface area contributed by atoms with Gasteiger partial charge in [-0.05, 0) is 59.9 Å². The van der Waals surface area contributed by atoms with Gasteiger partial charge in [0, 0.05) is 6.54 Å². The van der Waals surface area contributed by atoms with E-state index in [1.54, 1.807) is 7.11 Å². The number of carbonyl (C=O) groups excluding carboxylic acids is 1. The average molecular weight is 546 g/mol. The molecule has 208 valence electrons. The number of benzene rings is 4. The second-order valence-electron chi connectivity index (χ2n) is 9.80. The van der Waals surface area contributed by atoms with Crippen LogP contribution in [0.15, 0.2) is 103 Å². The minimum Gasteiger partial charge on any atom is -0.493 e. The van der Waals surface area contributed by atoms with Crippen molar-refractivity contribution in [1.82, 2.24) is 14.9 Å². The first-order chi connectivity index (χ1) is 20.1. The zero-order valence-electron chi connectivity index (χ0n) is 23.5. The summed E-state index contributed by atoms with van der Waals surface area (Å²) in [5.41, 5.74) is 6.29. The van der Waals surface area contributed by atoms with Crippen molar-refractivity contribution in [2.45, 2.75) is 32.9 Å². The van der Waals surface area contributed by atoms with E-state index in [4.69, 9.17) is 14.5 Å². The van der Waals surface area contributed by atoms with Crippen LogP contribution in [0.5, 0.6) is 11.5 Å². The summed E-state index contributed by atoms with van der Waals surface area (Å²) in [4.78, 5) is 17.6. The number of nitrogens with one attached hydrogen (secondary N) is 1. The molecular formula is C35H35N3O3. The number of nitrogens with zero attached hydrogens (tertiary/aromatic N) is 2. The van der Waals surface area contributed by atoms with Gasteiger partial charge in [0.05, 0.1) is 37.7 Å². The Balaban J connectivity index is 1.19. The Morgan fingerprint density at radius 3 is 2.44 bits per heavy atom. The topological polar surface area (TPSA) is 65.4 Å². The highest BCUT2D eigenvalue weighted by molar-refractivity contribution is 5.79. The summed E-state index contributed by atoms with van der Waals surface area (Å²) in [6, 6.07) is 32.3. The van der Waals surface area contributed by atoms with Gasteiger partial charge < -0.3 is 19.4 Å². The van der Waals surface area contributed by atoms with Gasteiger partial charge in [-0.25, -0.2) is 4.98 Å². The molecule has 0 saturated heterocycles. The molecule has 0 spiro atoms. The summed E-state index contributed by atoms with van der Waals surface area (Å²) in [6.07, 6.45) is 5.11. The van der Waals surface area contributed by atoms with E-state index >= 15 is 0 Å². The van der Waals surface area contributed by atoms with E-state index in [-0.39, 0.29) is 5.91 Å². The maximum Gasteiger partial charge on any atom is 0.224 e. The number of fused-ring (bicyclic) bond motifs is 1. The summed E-state index contributed by atoms with van der Waals surface area (Å²) in [5, 5.41) is 3.07. The first-order valence-electron chi connectivity index (χ1n) is 13.9. The molecule has 4 aromatic carbocycles. The van der Waals surface area contributed by atoms with Gasteiger partial charge in [0.25, 0.3) is 0 Å². The smallest absolute Gasteiger partial charge is 0.224 e. The minimum absolute atomic E-state index is 0.0344. The first-order valence-corrected chi connectivity index (χ1v) is 13.9. The molecule has 0 aliphatic carbocycles. The lowest BCUT2D eigenvalue weighted by Crippen LogP contribution is -2.26. The van der Waals surface area contributed by atoms with Crippen LogP contribution in [0.1, 0.15) is 30.3 Å². The molecule has 5 rings (SSSR count). The van der Waals surface area contributed by atoms with Crippen LogP contribution in [0, 0.1) is 0 Å². The largest absolute Gasteiger partial charge is 0.493 e. The maximum atomic E-state index is 12.8. The molecule has 1 heterocycles. The van der Waals surface area contributed by atoms with Crippen LogP contribution >= 0.6 is 0 Å². The monoisotopic (exact) mass is 545 g/mol.